The molecule has 2 bridgehead atoms. The molecule has 2 saturated carbocycles. The Balaban J connectivity index is 2.15. The summed E-state index contributed by atoms with van der Waals surface area (Å²) in [6.07, 6.45) is 6.65. The third-order valence-corrected chi connectivity index (χ3v) is 3.99. The monoisotopic (exact) mass is 154 g/mol. The fourth-order valence-corrected chi connectivity index (χ4v) is 3.01. The van der Waals surface area contributed by atoms with Crippen LogP contribution in [0.15, 0.2) is 0 Å². The van der Waals surface area contributed by atoms with Gasteiger partial charge in [-0.1, -0.05) is 0 Å². The molecule has 0 saturated heterocycles. The second-order valence-electron chi connectivity index (χ2n) is 4.59. The number of rotatable bonds is 2. The minimum atomic E-state index is 0.513. The van der Waals surface area contributed by atoms with Gasteiger partial charge in [-0.05, 0) is 56.0 Å². The summed E-state index contributed by atoms with van der Waals surface area (Å²) >= 11 is 0. The van der Waals surface area contributed by atoms with Crippen LogP contribution in [0.2, 0.25) is 0 Å². The molecule has 2 aliphatic rings. The van der Waals surface area contributed by atoms with Gasteiger partial charge < -0.3 is 11.5 Å². The lowest BCUT2D eigenvalue weighted by atomic mass is 9.82. The highest BCUT2D eigenvalue weighted by molar-refractivity contribution is 5.05. The van der Waals surface area contributed by atoms with E-state index >= 15 is 0 Å². The van der Waals surface area contributed by atoms with Crippen molar-refractivity contribution in [3.05, 3.63) is 0 Å². The maximum absolute atomic E-state index is 5.78. The molecule has 0 heterocycles. The molecular formula is C9H18N2. The van der Waals surface area contributed by atoms with E-state index in [1.807, 2.05) is 0 Å². The van der Waals surface area contributed by atoms with Crippen LogP contribution in [0.3, 0.4) is 0 Å². The highest BCUT2D eigenvalue weighted by atomic mass is 14.7. The summed E-state index contributed by atoms with van der Waals surface area (Å²) in [5, 5.41) is 0. The maximum Gasteiger partial charge on any atom is -0.00203 e. The topological polar surface area (TPSA) is 52.0 Å². The minimum absolute atomic E-state index is 0.513. The van der Waals surface area contributed by atoms with E-state index in [4.69, 9.17) is 11.5 Å². The summed E-state index contributed by atoms with van der Waals surface area (Å²) < 4.78 is 0. The summed E-state index contributed by atoms with van der Waals surface area (Å²) in [7, 11) is 0. The molecule has 2 heteroatoms. The second kappa shape index (κ2) is 2.20. The zero-order valence-electron chi connectivity index (χ0n) is 7.10. The molecule has 0 unspecified atom stereocenters. The van der Waals surface area contributed by atoms with Crippen LogP contribution in [0.5, 0.6) is 0 Å². The molecule has 0 amide bonds. The first-order valence-electron chi connectivity index (χ1n) is 4.64. The zero-order valence-corrected chi connectivity index (χ0v) is 7.10. The fraction of sp³-hybridized carbons (Fsp3) is 1.00. The van der Waals surface area contributed by atoms with Crippen LogP contribution >= 0.6 is 0 Å². The van der Waals surface area contributed by atoms with E-state index in [1.54, 1.807) is 0 Å². The smallest absolute Gasteiger partial charge is 0.00203 e. The lowest BCUT2D eigenvalue weighted by Crippen LogP contribution is -2.25. The Kier molecular flexibility index (Phi) is 1.52. The number of hydrogen-bond donors (Lipinski definition) is 2. The maximum atomic E-state index is 5.78. The van der Waals surface area contributed by atoms with E-state index in [0.29, 0.717) is 10.8 Å². The Labute approximate surface area is 68.3 Å². The molecule has 0 spiro atoms. The standard InChI is InChI=1S/C9H18N2/c10-6-8-1-2-9(5-8,7-11)4-3-8/h1-7,10-11H2. The van der Waals surface area contributed by atoms with Crippen LogP contribution in [-0.2, 0) is 0 Å². The van der Waals surface area contributed by atoms with Crippen molar-refractivity contribution in [2.75, 3.05) is 13.1 Å². The van der Waals surface area contributed by atoms with Crippen LogP contribution in [0.1, 0.15) is 32.1 Å². The molecule has 2 nitrogen and oxygen atoms in total. The predicted molar refractivity (Wildman–Crippen MR) is 46.1 cm³/mol. The molecule has 64 valence electrons. The molecule has 0 aromatic rings. The summed E-state index contributed by atoms with van der Waals surface area (Å²) in [5.74, 6) is 0. The highest BCUT2D eigenvalue weighted by Crippen LogP contribution is 2.60. The number of nitrogens with two attached hydrogens (primary N) is 2. The zero-order chi connectivity index (χ0) is 7.95. The van der Waals surface area contributed by atoms with Crippen molar-refractivity contribution in [2.45, 2.75) is 32.1 Å². The van der Waals surface area contributed by atoms with Gasteiger partial charge in [-0.25, -0.2) is 0 Å². The molecule has 0 aliphatic heterocycles. The van der Waals surface area contributed by atoms with Gasteiger partial charge in [0.2, 0.25) is 0 Å². The van der Waals surface area contributed by atoms with Crippen molar-refractivity contribution >= 4 is 0 Å². The van der Waals surface area contributed by atoms with Crippen LogP contribution in [0.4, 0.5) is 0 Å². The molecule has 0 aromatic heterocycles. The number of fused-ring (bicyclic) bond motifs is 2. The van der Waals surface area contributed by atoms with E-state index in [9.17, 15) is 0 Å². The first-order chi connectivity index (χ1) is 5.24. The molecule has 4 N–H and O–H groups in total. The van der Waals surface area contributed by atoms with Gasteiger partial charge in [0.25, 0.3) is 0 Å². The highest BCUT2D eigenvalue weighted by Gasteiger charge is 2.52. The summed E-state index contributed by atoms with van der Waals surface area (Å²) in [5.41, 5.74) is 12.6. The third kappa shape index (κ3) is 0.926. The normalized spacial score (nSPS) is 48.5. The Hall–Kier alpha value is -0.0800. The summed E-state index contributed by atoms with van der Waals surface area (Å²) in [6.45, 7) is 1.77. The van der Waals surface area contributed by atoms with Gasteiger partial charge >= 0.3 is 0 Å². The Morgan fingerprint density at radius 2 is 1.18 bits per heavy atom. The van der Waals surface area contributed by atoms with Crippen molar-refractivity contribution in [2.24, 2.45) is 22.3 Å². The van der Waals surface area contributed by atoms with E-state index in [1.165, 1.54) is 32.1 Å². The van der Waals surface area contributed by atoms with Crippen molar-refractivity contribution < 1.29 is 0 Å². The first-order valence-corrected chi connectivity index (χ1v) is 4.64. The van der Waals surface area contributed by atoms with Gasteiger partial charge in [0, 0.05) is 0 Å². The fourth-order valence-electron chi connectivity index (χ4n) is 3.01. The molecule has 11 heavy (non-hydrogen) atoms. The minimum Gasteiger partial charge on any atom is -0.330 e. The van der Waals surface area contributed by atoms with Gasteiger partial charge in [0.15, 0.2) is 0 Å². The molecule has 2 rings (SSSR count). The second-order valence-corrected chi connectivity index (χ2v) is 4.59. The average molecular weight is 154 g/mol. The average Bonchev–Trinajstić information content (AvgIpc) is 2.61. The third-order valence-electron chi connectivity index (χ3n) is 3.99. The Morgan fingerprint density at radius 1 is 0.818 bits per heavy atom. The van der Waals surface area contributed by atoms with Crippen LogP contribution < -0.4 is 11.5 Å². The molecular weight excluding hydrogens is 136 g/mol. The molecule has 0 aromatic carbocycles. The van der Waals surface area contributed by atoms with E-state index in [-0.39, 0.29) is 0 Å². The summed E-state index contributed by atoms with van der Waals surface area (Å²) in [4.78, 5) is 0. The lowest BCUT2D eigenvalue weighted by molar-refractivity contribution is 0.285. The van der Waals surface area contributed by atoms with Gasteiger partial charge in [0.1, 0.15) is 0 Å². The van der Waals surface area contributed by atoms with Gasteiger partial charge in [-0.3, -0.25) is 0 Å². The Morgan fingerprint density at radius 3 is 1.36 bits per heavy atom. The number of hydrogen-bond acceptors (Lipinski definition) is 2. The molecule has 0 radical (unpaired) electrons. The van der Waals surface area contributed by atoms with Crippen LogP contribution in [0, 0.1) is 10.8 Å². The summed E-state index contributed by atoms with van der Waals surface area (Å²) in [6, 6.07) is 0. The quantitative estimate of drug-likeness (QED) is 0.619. The van der Waals surface area contributed by atoms with Crippen LogP contribution in [0.25, 0.3) is 0 Å². The van der Waals surface area contributed by atoms with Crippen molar-refractivity contribution in [1.29, 1.82) is 0 Å². The van der Waals surface area contributed by atoms with Gasteiger partial charge in [0.05, 0.1) is 0 Å². The first kappa shape index (κ1) is 7.56. The largest absolute Gasteiger partial charge is 0.330 e. The SMILES string of the molecule is NCC12CCC(CN)(CC1)C2. The van der Waals surface area contributed by atoms with E-state index in [0.717, 1.165) is 13.1 Å². The predicted octanol–water partition coefficient (Wildman–Crippen LogP) is 0.854. The lowest BCUT2D eigenvalue weighted by Gasteiger charge is -2.25. The van der Waals surface area contributed by atoms with Crippen molar-refractivity contribution in [3.8, 4) is 0 Å². The molecule has 2 fully saturated rings. The van der Waals surface area contributed by atoms with E-state index < -0.39 is 0 Å². The molecule has 2 aliphatic carbocycles. The van der Waals surface area contributed by atoms with Gasteiger partial charge in [-0.2, -0.15) is 0 Å². The van der Waals surface area contributed by atoms with Crippen molar-refractivity contribution in [3.63, 3.8) is 0 Å². The van der Waals surface area contributed by atoms with Crippen molar-refractivity contribution in [1.82, 2.24) is 0 Å². The van der Waals surface area contributed by atoms with Crippen LogP contribution in [-0.4, -0.2) is 13.1 Å². The Bertz CT molecular complexity index is 139. The molecule has 0 atom stereocenters. The van der Waals surface area contributed by atoms with Gasteiger partial charge in [-0.15, -0.1) is 0 Å². The van der Waals surface area contributed by atoms with E-state index in [2.05, 4.69) is 0 Å².